The first-order valence-electron chi connectivity index (χ1n) is 18.8. The summed E-state index contributed by atoms with van der Waals surface area (Å²) < 4.78 is 129. The normalized spacial score (nSPS) is 14.5. The molecule has 0 unspecified atom stereocenters. The molecular formula is C44H46F4N2O4S2Ti. The molecule has 2 aliphatic carbocycles. The summed E-state index contributed by atoms with van der Waals surface area (Å²) >= 11 is -5.56. The number of halogens is 4. The van der Waals surface area contributed by atoms with Gasteiger partial charge in [-0.1, -0.05) is 0 Å². The molecular weight excluding hydrogens is 808 g/mol. The minimum atomic E-state index is -5.56. The van der Waals surface area contributed by atoms with Crippen molar-refractivity contribution in [3.05, 3.63) is 151 Å². The number of aryl methyl sites for hydroxylation is 2. The van der Waals surface area contributed by atoms with Crippen molar-refractivity contribution in [1.82, 2.24) is 0 Å². The van der Waals surface area contributed by atoms with Gasteiger partial charge in [-0.05, 0) is 0 Å². The van der Waals surface area contributed by atoms with E-state index in [0.29, 0.717) is 7.76 Å². The molecule has 0 N–H and O–H groups in total. The first-order chi connectivity index (χ1) is 26.9. The summed E-state index contributed by atoms with van der Waals surface area (Å²) in [7, 11) is -8.88. The van der Waals surface area contributed by atoms with E-state index >= 15 is 17.6 Å². The summed E-state index contributed by atoms with van der Waals surface area (Å²) in [5, 5.41) is 0. The van der Waals surface area contributed by atoms with Crippen LogP contribution in [0.25, 0.3) is 0 Å². The second kappa shape index (κ2) is 16.6. The molecule has 0 aromatic heterocycles. The predicted octanol–water partition coefficient (Wildman–Crippen LogP) is 9.35. The molecule has 57 heavy (non-hydrogen) atoms. The molecule has 0 bridgehead atoms. The van der Waals surface area contributed by atoms with Gasteiger partial charge in [0.25, 0.3) is 0 Å². The van der Waals surface area contributed by atoms with Crippen LogP contribution in [0.4, 0.5) is 28.9 Å². The monoisotopic (exact) mass is 854 g/mol. The number of hydrogen-bond donors (Lipinski definition) is 0. The summed E-state index contributed by atoms with van der Waals surface area (Å²) in [5.74, 6) is -5.32. The number of rotatable bonds is 14. The number of hydrogen-bond acceptors (Lipinski definition) is 4. The van der Waals surface area contributed by atoms with Crippen molar-refractivity contribution >= 4 is 39.2 Å². The van der Waals surface area contributed by atoms with Gasteiger partial charge in [0.1, 0.15) is 0 Å². The van der Waals surface area contributed by atoms with Gasteiger partial charge in [-0.2, -0.15) is 0 Å². The van der Waals surface area contributed by atoms with Gasteiger partial charge < -0.3 is 0 Å². The second-order valence-corrected chi connectivity index (χ2v) is 25.0. The Labute approximate surface area is 337 Å². The molecule has 0 saturated carbocycles. The number of benzene rings is 4. The van der Waals surface area contributed by atoms with Crippen molar-refractivity contribution in [1.29, 1.82) is 0 Å². The molecule has 6 rings (SSSR count). The predicted molar refractivity (Wildman–Crippen MR) is 217 cm³/mol. The molecule has 0 saturated heterocycles. The van der Waals surface area contributed by atoms with Crippen LogP contribution in [0, 0.1) is 49.0 Å². The van der Waals surface area contributed by atoms with Crippen molar-refractivity contribution in [2.24, 2.45) is 11.8 Å². The van der Waals surface area contributed by atoms with E-state index in [9.17, 15) is 16.8 Å². The number of anilines is 2. The molecule has 6 nitrogen and oxygen atoms in total. The van der Waals surface area contributed by atoms with E-state index in [1.165, 1.54) is 24.3 Å². The maximum atomic E-state index is 18.0. The summed E-state index contributed by atoms with van der Waals surface area (Å²) in [4.78, 5) is -0.218. The molecule has 0 atom stereocenters. The van der Waals surface area contributed by atoms with Crippen LogP contribution in [0.15, 0.2) is 127 Å². The van der Waals surface area contributed by atoms with Gasteiger partial charge in [-0.25, -0.2) is 0 Å². The fraction of sp³-hybridized carbons (Fsp3) is 0.273. The van der Waals surface area contributed by atoms with E-state index in [0.717, 1.165) is 44.0 Å². The van der Waals surface area contributed by atoms with Gasteiger partial charge in [0.15, 0.2) is 0 Å². The van der Waals surface area contributed by atoms with Gasteiger partial charge in [0.2, 0.25) is 0 Å². The van der Waals surface area contributed by atoms with Gasteiger partial charge in [-0.15, -0.1) is 0 Å². The third-order valence-corrected chi connectivity index (χ3v) is 21.7. The van der Waals surface area contributed by atoms with E-state index in [4.69, 9.17) is 0 Å². The zero-order chi connectivity index (χ0) is 41.4. The van der Waals surface area contributed by atoms with E-state index in [2.05, 4.69) is 0 Å². The van der Waals surface area contributed by atoms with Crippen LogP contribution < -0.4 is 16.3 Å². The zero-order valence-corrected chi connectivity index (χ0v) is 35.9. The second-order valence-electron chi connectivity index (χ2n) is 15.4. The topological polar surface area (TPSA) is 74.8 Å². The van der Waals surface area contributed by atoms with E-state index in [1.807, 2.05) is 0 Å². The number of sulfonamides is 2. The molecule has 13 heteroatoms. The van der Waals surface area contributed by atoms with Crippen LogP contribution in [-0.4, -0.2) is 29.9 Å². The number of allylic oxidation sites excluding steroid dienone is 8. The van der Waals surface area contributed by atoms with Crippen LogP contribution in [0.1, 0.15) is 51.7 Å². The Morgan fingerprint density at radius 3 is 1.21 bits per heavy atom. The van der Waals surface area contributed by atoms with E-state index in [1.54, 1.807) is 102 Å². The molecule has 0 aliphatic heterocycles. The minimum absolute atomic E-state index is 0.109. The summed E-state index contributed by atoms with van der Waals surface area (Å²) in [6.45, 7) is 10.3. The Kier molecular flexibility index (Phi) is 12.3. The fourth-order valence-corrected chi connectivity index (χ4v) is 19.1. The van der Waals surface area contributed by atoms with Crippen molar-refractivity contribution in [2.45, 2.75) is 64.2 Å². The average Bonchev–Trinajstić information content (AvgIpc) is 3.89. The quantitative estimate of drug-likeness (QED) is 0.0937. The summed E-state index contributed by atoms with van der Waals surface area (Å²) in [5.41, 5.74) is 0.682. The van der Waals surface area contributed by atoms with Crippen molar-refractivity contribution < 1.29 is 51.0 Å². The van der Waals surface area contributed by atoms with Gasteiger partial charge in [0.05, 0.1) is 0 Å². The average molecular weight is 855 g/mol. The fourth-order valence-electron chi connectivity index (χ4n) is 7.57. The van der Waals surface area contributed by atoms with Crippen LogP contribution in [0.2, 0.25) is 0 Å². The van der Waals surface area contributed by atoms with E-state index in [-0.39, 0.29) is 47.6 Å². The first-order valence-corrected chi connectivity index (χ1v) is 24.8. The molecule has 0 heterocycles. The Morgan fingerprint density at radius 2 is 0.912 bits per heavy atom. The standard InChI is InChI=1S/2C17H18F2NO2S.2C5H5.Ti/c2*1-12(2)11-20(17-9-6-14(18)10-16(17)19)23(21,22)15-7-4-13(3)5-8-15;2*1-2-4-5-3-1;/h2*4-9,12H,11H2,1-3H3;2*1-3H,4H2;. The first kappa shape index (κ1) is 42.4. The third kappa shape index (κ3) is 7.86. The molecule has 2 aliphatic rings. The van der Waals surface area contributed by atoms with Gasteiger partial charge in [0, 0.05) is 0 Å². The van der Waals surface area contributed by atoms with Crippen molar-refractivity contribution in [3.63, 3.8) is 0 Å². The van der Waals surface area contributed by atoms with Crippen LogP contribution in [0.5, 0.6) is 0 Å². The summed E-state index contributed by atoms with van der Waals surface area (Å²) in [6.07, 6.45) is 10.3. The molecule has 0 amide bonds. The van der Waals surface area contributed by atoms with Gasteiger partial charge in [-0.3, -0.25) is 0 Å². The molecule has 0 spiro atoms. The Morgan fingerprint density at radius 1 is 0.561 bits per heavy atom. The molecule has 0 fully saturated rings. The Bertz CT molecular complexity index is 2350. The molecule has 0 radical (unpaired) electrons. The Hall–Kier alpha value is -4.23. The number of nitrogens with zero attached hydrogens (tertiary/aromatic N) is 2. The van der Waals surface area contributed by atoms with Crippen LogP contribution >= 0.6 is 0 Å². The van der Waals surface area contributed by atoms with E-state index < -0.39 is 79.0 Å². The van der Waals surface area contributed by atoms with Gasteiger partial charge >= 0.3 is 339 Å². The third-order valence-electron chi connectivity index (χ3n) is 10.2. The summed E-state index contributed by atoms with van der Waals surface area (Å²) in [6, 6.07) is 16.2. The molecule has 4 aromatic carbocycles. The van der Waals surface area contributed by atoms with Crippen molar-refractivity contribution in [3.8, 4) is 0 Å². The maximum absolute atomic E-state index is 18.0. The van der Waals surface area contributed by atoms with Crippen molar-refractivity contribution in [2.75, 3.05) is 21.7 Å². The van der Waals surface area contributed by atoms with Crippen LogP contribution in [0.3, 0.4) is 0 Å². The van der Waals surface area contributed by atoms with Crippen LogP contribution in [-0.2, 0) is 36.6 Å². The molecule has 300 valence electrons. The Balaban J connectivity index is 1.70. The SMILES string of the molecule is Cc1ccc(S(=O)(=O)N(CC(C)C)c2ccc(F)[c]([Ti]([C]3=CC=CC3)([C]3=CC=CC3)[c]3c(F)ccc(N(CC(C)C)S(=O)(=O)c4ccc(C)cc4)c3F)c2F)cc1. The molecule has 4 aromatic rings. The zero-order valence-electron chi connectivity index (χ0n) is 32.7.